The predicted molar refractivity (Wildman–Crippen MR) is 91.5 cm³/mol. The molecule has 134 valence electrons. The van der Waals surface area contributed by atoms with E-state index >= 15 is 0 Å². The van der Waals surface area contributed by atoms with Crippen LogP contribution in [0.3, 0.4) is 0 Å². The monoisotopic (exact) mass is 350 g/mol. The molecule has 5 N–H and O–H groups in total. The van der Waals surface area contributed by atoms with Gasteiger partial charge in [-0.15, -0.1) is 0 Å². The first-order valence-electron chi connectivity index (χ1n) is 7.15. The highest BCUT2D eigenvalue weighted by Gasteiger charge is 2.24. The zero-order valence-electron chi connectivity index (χ0n) is 13.6. The molecule has 1 heterocycles. The minimum atomic E-state index is -0.680. The van der Waals surface area contributed by atoms with Crippen LogP contribution in [0.25, 0.3) is 0 Å². The second-order valence-corrected chi connectivity index (χ2v) is 4.73. The van der Waals surface area contributed by atoms with Gasteiger partial charge in [-0.1, -0.05) is 0 Å². The maximum atomic E-state index is 11.3. The number of benzene rings is 1. The molecule has 0 saturated carbocycles. The number of rotatable bonds is 8. The molecule has 0 amide bonds. The Kier molecular flexibility index (Phi) is 5.74. The Morgan fingerprint density at radius 3 is 2.68 bits per heavy atom. The molecule has 0 fully saturated rings. The van der Waals surface area contributed by atoms with Crippen molar-refractivity contribution in [3.63, 3.8) is 0 Å². The molecule has 0 aliphatic heterocycles. The number of aliphatic hydroxyl groups is 1. The van der Waals surface area contributed by atoms with E-state index in [1.165, 1.54) is 14.2 Å². The Morgan fingerprint density at radius 1 is 1.32 bits per heavy atom. The van der Waals surface area contributed by atoms with Crippen LogP contribution in [-0.4, -0.2) is 47.4 Å². The molecular formula is C14H18N6O5. The van der Waals surface area contributed by atoms with Crippen molar-refractivity contribution in [2.24, 2.45) is 0 Å². The van der Waals surface area contributed by atoms with Crippen LogP contribution >= 0.6 is 0 Å². The Balaban J connectivity index is 2.49. The van der Waals surface area contributed by atoms with Crippen LogP contribution in [0.4, 0.5) is 29.0 Å². The van der Waals surface area contributed by atoms with Crippen LogP contribution in [0, 0.1) is 10.1 Å². The average molecular weight is 350 g/mol. The minimum absolute atomic E-state index is 0.0431. The van der Waals surface area contributed by atoms with Crippen LogP contribution in [0.2, 0.25) is 0 Å². The van der Waals surface area contributed by atoms with Crippen LogP contribution in [0.5, 0.6) is 11.5 Å². The number of ether oxygens (including phenoxy) is 2. The first kappa shape index (κ1) is 18.0. The van der Waals surface area contributed by atoms with E-state index < -0.39 is 10.6 Å². The summed E-state index contributed by atoms with van der Waals surface area (Å²) < 4.78 is 10.4. The summed E-state index contributed by atoms with van der Waals surface area (Å²) in [4.78, 5) is 18.5. The van der Waals surface area contributed by atoms with Crippen molar-refractivity contribution in [3.05, 3.63) is 28.3 Å². The maximum Gasteiger partial charge on any atom is 0.353 e. The number of aromatic nitrogens is 2. The molecule has 2 aromatic rings. The standard InChI is InChI=1S/C14H18N6O5/c1-24-8-3-4-10(25-2)9(7-8)17-13-11(20(22)23)12(15)18-14(19-13)16-5-6-21/h3-4,7,21H,5-6H2,1-2H3,(H4,15,16,17,18,19). The van der Waals surface area contributed by atoms with Gasteiger partial charge in [0.05, 0.1) is 31.4 Å². The lowest BCUT2D eigenvalue weighted by molar-refractivity contribution is -0.383. The van der Waals surface area contributed by atoms with E-state index in [2.05, 4.69) is 20.6 Å². The minimum Gasteiger partial charge on any atom is -0.497 e. The van der Waals surface area contributed by atoms with Crippen LogP contribution in [0.1, 0.15) is 0 Å². The van der Waals surface area contributed by atoms with Gasteiger partial charge in [0.1, 0.15) is 11.5 Å². The quantitative estimate of drug-likeness (QED) is 0.401. The first-order chi connectivity index (χ1) is 12.0. The average Bonchev–Trinajstić information content (AvgIpc) is 2.59. The highest BCUT2D eigenvalue weighted by atomic mass is 16.6. The lowest BCUT2D eigenvalue weighted by atomic mass is 10.2. The number of nitrogens with two attached hydrogens (primary N) is 1. The van der Waals surface area contributed by atoms with Gasteiger partial charge in [0.15, 0.2) is 0 Å². The molecule has 0 spiro atoms. The van der Waals surface area contributed by atoms with E-state index in [1.807, 2.05) is 0 Å². The van der Waals surface area contributed by atoms with Crippen molar-refractivity contribution in [2.75, 3.05) is 43.7 Å². The summed E-state index contributed by atoms with van der Waals surface area (Å²) in [6.45, 7) is 0.00585. The summed E-state index contributed by atoms with van der Waals surface area (Å²) in [5, 5.41) is 25.7. The van der Waals surface area contributed by atoms with E-state index in [4.69, 9.17) is 20.3 Å². The zero-order valence-corrected chi connectivity index (χ0v) is 13.6. The molecule has 0 atom stereocenters. The number of hydrogen-bond donors (Lipinski definition) is 4. The van der Waals surface area contributed by atoms with Gasteiger partial charge >= 0.3 is 5.69 Å². The van der Waals surface area contributed by atoms with Crippen LogP contribution < -0.4 is 25.8 Å². The fraction of sp³-hybridized carbons (Fsp3) is 0.286. The van der Waals surface area contributed by atoms with Crippen molar-refractivity contribution in [3.8, 4) is 11.5 Å². The molecule has 11 heteroatoms. The third-order valence-corrected chi connectivity index (χ3v) is 3.15. The number of methoxy groups -OCH3 is 2. The fourth-order valence-electron chi connectivity index (χ4n) is 2.03. The number of hydrogen-bond acceptors (Lipinski definition) is 10. The number of aliphatic hydroxyl groups excluding tert-OH is 1. The smallest absolute Gasteiger partial charge is 0.353 e. The molecule has 1 aromatic heterocycles. The summed E-state index contributed by atoms with van der Waals surface area (Å²) in [6, 6.07) is 4.92. The summed E-state index contributed by atoms with van der Waals surface area (Å²) >= 11 is 0. The Labute approximate surface area is 143 Å². The molecule has 0 bridgehead atoms. The van der Waals surface area contributed by atoms with Gasteiger partial charge in [-0.3, -0.25) is 10.1 Å². The van der Waals surface area contributed by atoms with Crippen molar-refractivity contribution < 1.29 is 19.5 Å². The molecule has 0 aliphatic carbocycles. The van der Waals surface area contributed by atoms with Gasteiger partial charge in [0, 0.05) is 12.6 Å². The van der Waals surface area contributed by atoms with E-state index in [-0.39, 0.29) is 30.7 Å². The van der Waals surface area contributed by atoms with Gasteiger partial charge in [0.25, 0.3) is 0 Å². The highest BCUT2D eigenvalue weighted by Crippen LogP contribution is 2.36. The zero-order chi connectivity index (χ0) is 18.4. The summed E-state index contributed by atoms with van der Waals surface area (Å²) in [7, 11) is 2.96. The van der Waals surface area contributed by atoms with Crippen LogP contribution in [-0.2, 0) is 0 Å². The largest absolute Gasteiger partial charge is 0.497 e. The predicted octanol–water partition coefficient (Wildman–Crippen LogP) is 1.13. The summed E-state index contributed by atoms with van der Waals surface area (Å²) in [5.74, 6) is 0.555. The second kappa shape index (κ2) is 7.97. The number of nitro groups is 1. The molecule has 25 heavy (non-hydrogen) atoms. The lowest BCUT2D eigenvalue weighted by Crippen LogP contribution is -2.13. The molecular weight excluding hydrogens is 332 g/mol. The number of nitrogen functional groups attached to an aromatic ring is 1. The van der Waals surface area contributed by atoms with E-state index in [0.29, 0.717) is 17.2 Å². The summed E-state index contributed by atoms with van der Waals surface area (Å²) in [6.07, 6.45) is 0. The fourth-order valence-corrected chi connectivity index (χ4v) is 2.03. The van der Waals surface area contributed by atoms with Crippen molar-refractivity contribution >= 4 is 29.0 Å². The van der Waals surface area contributed by atoms with Crippen molar-refractivity contribution in [2.45, 2.75) is 0 Å². The topological polar surface area (TPSA) is 158 Å². The number of nitrogens with zero attached hydrogens (tertiary/aromatic N) is 3. The van der Waals surface area contributed by atoms with E-state index in [9.17, 15) is 10.1 Å². The van der Waals surface area contributed by atoms with Gasteiger partial charge in [-0.2, -0.15) is 9.97 Å². The molecule has 0 radical (unpaired) electrons. The molecule has 2 rings (SSSR count). The second-order valence-electron chi connectivity index (χ2n) is 4.73. The third kappa shape index (κ3) is 4.14. The van der Waals surface area contributed by atoms with Crippen molar-refractivity contribution in [1.82, 2.24) is 9.97 Å². The lowest BCUT2D eigenvalue weighted by Gasteiger charge is -2.13. The normalized spacial score (nSPS) is 10.2. The molecule has 0 unspecified atom stereocenters. The van der Waals surface area contributed by atoms with Gasteiger partial charge in [-0.25, -0.2) is 0 Å². The summed E-state index contributed by atoms with van der Waals surface area (Å²) in [5.41, 5.74) is 5.61. The maximum absolute atomic E-state index is 11.3. The molecule has 0 aliphatic rings. The first-order valence-corrected chi connectivity index (χ1v) is 7.15. The number of anilines is 4. The van der Waals surface area contributed by atoms with Gasteiger partial charge < -0.3 is 30.9 Å². The Morgan fingerprint density at radius 2 is 2.08 bits per heavy atom. The SMILES string of the molecule is COc1ccc(OC)c(Nc2nc(NCCO)nc(N)c2[N+](=O)[O-])c1. The van der Waals surface area contributed by atoms with Crippen molar-refractivity contribution in [1.29, 1.82) is 0 Å². The van der Waals surface area contributed by atoms with E-state index in [0.717, 1.165) is 0 Å². The Bertz CT molecular complexity index is 770. The Hall–Kier alpha value is -3.34. The molecule has 0 saturated heterocycles. The third-order valence-electron chi connectivity index (χ3n) is 3.15. The number of nitrogens with one attached hydrogen (secondary N) is 2. The van der Waals surface area contributed by atoms with Gasteiger partial charge in [0.2, 0.25) is 17.6 Å². The van der Waals surface area contributed by atoms with Gasteiger partial charge in [-0.05, 0) is 12.1 Å². The van der Waals surface area contributed by atoms with Crippen LogP contribution in [0.15, 0.2) is 18.2 Å². The highest BCUT2D eigenvalue weighted by molar-refractivity contribution is 5.77. The molecule has 11 nitrogen and oxygen atoms in total. The van der Waals surface area contributed by atoms with E-state index in [1.54, 1.807) is 18.2 Å². The molecule has 1 aromatic carbocycles.